The minimum Gasteiger partial charge on any atom is -0.354 e. The highest BCUT2D eigenvalue weighted by Crippen LogP contribution is 2.34. The van der Waals surface area contributed by atoms with E-state index in [0.29, 0.717) is 19.0 Å². The maximum atomic E-state index is 12.1. The van der Waals surface area contributed by atoms with Gasteiger partial charge in [0.1, 0.15) is 5.25 Å². The third-order valence-corrected chi connectivity index (χ3v) is 7.72. The van der Waals surface area contributed by atoms with Gasteiger partial charge in [-0.25, -0.2) is 8.42 Å². The van der Waals surface area contributed by atoms with Gasteiger partial charge in [-0.2, -0.15) is 0 Å². The lowest BCUT2D eigenvalue weighted by molar-refractivity contribution is -0.120. The van der Waals surface area contributed by atoms with Crippen LogP contribution in [0.1, 0.15) is 58.8 Å². The van der Waals surface area contributed by atoms with Crippen molar-refractivity contribution < 1.29 is 13.2 Å². The van der Waals surface area contributed by atoms with Gasteiger partial charge >= 0.3 is 0 Å². The van der Waals surface area contributed by atoms with Gasteiger partial charge in [-0.15, -0.1) is 0 Å². The first kappa shape index (κ1) is 18.7. The molecule has 0 radical (unpaired) electrons. The van der Waals surface area contributed by atoms with Gasteiger partial charge in [0.2, 0.25) is 5.91 Å². The zero-order valence-corrected chi connectivity index (χ0v) is 15.4. The van der Waals surface area contributed by atoms with E-state index in [1.165, 1.54) is 45.4 Å². The molecule has 0 aromatic heterocycles. The van der Waals surface area contributed by atoms with Crippen molar-refractivity contribution in [3.05, 3.63) is 0 Å². The number of carbonyl (C=O) groups excluding carboxylic acids is 1. The van der Waals surface area contributed by atoms with E-state index >= 15 is 0 Å². The van der Waals surface area contributed by atoms with Crippen molar-refractivity contribution in [2.75, 3.05) is 25.4 Å². The molecule has 2 aliphatic rings. The van der Waals surface area contributed by atoms with Crippen LogP contribution in [0, 0.1) is 5.92 Å². The average Bonchev–Trinajstić information content (AvgIpc) is 2.54. The SMILES string of the molecule is CCCS(=O)(=O)[C@H](C)C(=O)NCCN1CCC[C@@H]2CCCC[C@H]21. The van der Waals surface area contributed by atoms with Crippen LogP contribution in [-0.2, 0) is 14.6 Å². The predicted molar refractivity (Wildman–Crippen MR) is 93.1 cm³/mol. The number of carbonyl (C=O) groups is 1. The van der Waals surface area contributed by atoms with Gasteiger partial charge in [-0.3, -0.25) is 9.69 Å². The molecule has 134 valence electrons. The van der Waals surface area contributed by atoms with Crippen molar-refractivity contribution in [2.24, 2.45) is 5.92 Å². The van der Waals surface area contributed by atoms with Crippen molar-refractivity contribution in [2.45, 2.75) is 70.1 Å². The Labute approximate surface area is 141 Å². The van der Waals surface area contributed by atoms with E-state index in [4.69, 9.17) is 0 Å². The van der Waals surface area contributed by atoms with Crippen LogP contribution in [0.5, 0.6) is 0 Å². The molecule has 0 spiro atoms. The quantitative estimate of drug-likeness (QED) is 0.767. The van der Waals surface area contributed by atoms with E-state index < -0.39 is 15.1 Å². The van der Waals surface area contributed by atoms with Crippen LogP contribution < -0.4 is 5.32 Å². The Morgan fingerprint density at radius 1 is 1.22 bits per heavy atom. The monoisotopic (exact) mass is 344 g/mol. The predicted octanol–water partition coefficient (Wildman–Crippen LogP) is 1.97. The second kappa shape index (κ2) is 8.47. The summed E-state index contributed by atoms with van der Waals surface area (Å²) in [5.74, 6) is 0.560. The second-order valence-corrected chi connectivity index (χ2v) is 9.53. The molecule has 1 N–H and O–H groups in total. The van der Waals surface area contributed by atoms with Gasteiger partial charge in [-0.05, 0) is 51.5 Å². The highest BCUT2D eigenvalue weighted by atomic mass is 32.2. The van der Waals surface area contributed by atoms with Crippen molar-refractivity contribution in [1.29, 1.82) is 0 Å². The lowest BCUT2D eigenvalue weighted by atomic mass is 9.78. The number of hydrogen-bond acceptors (Lipinski definition) is 4. The lowest BCUT2D eigenvalue weighted by Gasteiger charge is -2.44. The maximum Gasteiger partial charge on any atom is 0.238 e. The number of rotatable bonds is 7. The van der Waals surface area contributed by atoms with Crippen LogP contribution in [-0.4, -0.2) is 55.9 Å². The summed E-state index contributed by atoms with van der Waals surface area (Å²) in [6.45, 7) is 5.82. The summed E-state index contributed by atoms with van der Waals surface area (Å²) in [5, 5.41) is 1.89. The molecule has 1 aliphatic carbocycles. The molecule has 2 rings (SSSR count). The van der Waals surface area contributed by atoms with Crippen molar-refractivity contribution >= 4 is 15.7 Å². The Balaban J connectivity index is 1.78. The molecule has 1 heterocycles. The number of fused-ring (bicyclic) bond motifs is 1. The van der Waals surface area contributed by atoms with E-state index in [0.717, 1.165) is 19.0 Å². The highest BCUT2D eigenvalue weighted by molar-refractivity contribution is 7.92. The molecular formula is C17H32N2O3S. The Bertz CT molecular complexity index is 490. The van der Waals surface area contributed by atoms with Crippen LogP contribution in [0.2, 0.25) is 0 Å². The number of nitrogens with one attached hydrogen (secondary N) is 1. The minimum absolute atomic E-state index is 0.0808. The molecule has 2 fully saturated rings. The molecular weight excluding hydrogens is 312 g/mol. The standard InChI is InChI=1S/C17H32N2O3S/c1-3-13-23(21,22)14(2)17(20)18-10-12-19-11-6-8-15-7-4-5-9-16(15)19/h14-16H,3-13H2,1-2H3,(H,18,20)/t14-,15+,16-/m1/s1. The minimum atomic E-state index is -3.31. The molecule has 1 aliphatic heterocycles. The number of sulfone groups is 1. The summed E-state index contributed by atoms with van der Waals surface area (Å²) in [6, 6.07) is 0.677. The smallest absolute Gasteiger partial charge is 0.238 e. The maximum absolute atomic E-state index is 12.1. The van der Waals surface area contributed by atoms with Gasteiger partial charge < -0.3 is 5.32 Å². The van der Waals surface area contributed by atoms with E-state index in [-0.39, 0.29) is 11.7 Å². The van der Waals surface area contributed by atoms with Crippen LogP contribution in [0.15, 0.2) is 0 Å². The summed E-state index contributed by atoms with van der Waals surface area (Å²) < 4.78 is 23.9. The van der Waals surface area contributed by atoms with Crippen LogP contribution in [0.25, 0.3) is 0 Å². The van der Waals surface area contributed by atoms with Gasteiger partial charge in [0.05, 0.1) is 5.75 Å². The third-order valence-electron chi connectivity index (χ3n) is 5.45. The molecule has 0 aromatic carbocycles. The van der Waals surface area contributed by atoms with Gasteiger partial charge in [0.25, 0.3) is 0 Å². The number of amides is 1. The number of piperidine rings is 1. The number of nitrogens with zero attached hydrogens (tertiary/aromatic N) is 1. The Morgan fingerprint density at radius 2 is 1.91 bits per heavy atom. The first-order valence-electron chi connectivity index (χ1n) is 9.19. The Kier molecular flexibility index (Phi) is 6.89. The Hall–Kier alpha value is -0.620. The van der Waals surface area contributed by atoms with E-state index in [1.807, 2.05) is 6.92 Å². The zero-order valence-electron chi connectivity index (χ0n) is 14.6. The molecule has 1 saturated heterocycles. The molecule has 3 atom stereocenters. The second-order valence-electron chi connectivity index (χ2n) is 7.09. The van der Waals surface area contributed by atoms with Crippen molar-refractivity contribution in [1.82, 2.24) is 10.2 Å². The molecule has 6 heteroatoms. The van der Waals surface area contributed by atoms with Crippen LogP contribution in [0.4, 0.5) is 0 Å². The van der Waals surface area contributed by atoms with Crippen molar-refractivity contribution in [3.8, 4) is 0 Å². The summed E-state index contributed by atoms with van der Waals surface area (Å²) in [5.41, 5.74) is 0. The first-order chi connectivity index (χ1) is 11.0. The lowest BCUT2D eigenvalue weighted by Crippen LogP contribution is -2.50. The molecule has 0 aromatic rings. The topological polar surface area (TPSA) is 66.5 Å². The van der Waals surface area contributed by atoms with Gasteiger partial charge in [0.15, 0.2) is 9.84 Å². The number of likely N-dealkylation sites (tertiary alicyclic amines) is 1. The summed E-state index contributed by atoms with van der Waals surface area (Å²) in [6.07, 6.45) is 8.45. The largest absolute Gasteiger partial charge is 0.354 e. The Morgan fingerprint density at radius 3 is 2.65 bits per heavy atom. The summed E-state index contributed by atoms with van der Waals surface area (Å²) in [7, 11) is -3.31. The molecule has 1 amide bonds. The van der Waals surface area contributed by atoms with Gasteiger partial charge in [0, 0.05) is 19.1 Å². The normalized spacial score (nSPS) is 27.2. The molecule has 23 heavy (non-hydrogen) atoms. The molecule has 0 unspecified atom stereocenters. The number of hydrogen-bond donors (Lipinski definition) is 1. The van der Waals surface area contributed by atoms with E-state index in [9.17, 15) is 13.2 Å². The van der Waals surface area contributed by atoms with Crippen LogP contribution >= 0.6 is 0 Å². The fourth-order valence-electron chi connectivity index (χ4n) is 4.10. The molecule has 0 bridgehead atoms. The summed E-state index contributed by atoms with van der Waals surface area (Å²) >= 11 is 0. The van der Waals surface area contributed by atoms with E-state index in [2.05, 4.69) is 10.2 Å². The van der Waals surface area contributed by atoms with Crippen molar-refractivity contribution in [3.63, 3.8) is 0 Å². The van der Waals surface area contributed by atoms with E-state index in [1.54, 1.807) is 0 Å². The fraction of sp³-hybridized carbons (Fsp3) is 0.941. The summed E-state index contributed by atoms with van der Waals surface area (Å²) in [4.78, 5) is 14.6. The first-order valence-corrected chi connectivity index (χ1v) is 10.9. The van der Waals surface area contributed by atoms with Crippen LogP contribution in [0.3, 0.4) is 0 Å². The zero-order chi connectivity index (χ0) is 16.9. The fourth-order valence-corrected chi connectivity index (χ4v) is 5.43. The third kappa shape index (κ3) is 4.92. The van der Waals surface area contributed by atoms with Gasteiger partial charge in [-0.1, -0.05) is 19.8 Å². The molecule has 1 saturated carbocycles. The average molecular weight is 345 g/mol. The highest BCUT2D eigenvalue weighted by Gasteiger charge is 2.33. The molecule has 5 nitrogen and oxygen atoms in total.